The zero-order valence-corrected chi connectivity index (χ0v) is 18.8. The predicted octanol–water partition coefficient (Wildman–Crippen LogP) is 2.65. The standard InChI is InChI=1S/C10H24O7P2.C4H11O3P/c1-3-5-6-9(4-2)7-10(11,19(15,16)17)8-18(12,13)14;1-2-3-4-7-8(5)6/h9,11H,3-8H2,1-2H3,(H2,12,13,14)(H2,15,16,17);5-6H,2-4H2,1H3. The minimum Gasteiger partial charge on any atom is -0.377 e. The molecule has 0 fully saturated rings. The molecular formula is C14H35O10P3. The van der Waals surface area contributed by atoms with Crippen LogP contribution in [0.25, 0.3) is 0 Å². The SMILES string of the molecule is CCCCC(CC)CC(O)(CP(=O)(O)O)P(=O)(O)O.CCCCOP(O)O. The first kappa shape index (κ1) is 29.8. The van der Waals surface area contributed by atoms with E-state index in [1.807, 2.05) is 20.8 Å². The van der Waals surface area contributed by atoms with Crippen LogP contribution in [0, 0.1) is 5.92 Å². The Morgan fingerprint density at radius 3 is 1.85 bits per heavy atom. The number of hydrogen-bond acceptors (Lipinski definition) is 6. The molecule has 0 aliphatic rings. The van der Waals surface area contributed by atoms with Gasteiger partial charge in [0.15, 0.2) is 5.34 Å². The van der Waals surface area contributed by atoms with Crippen LogP contribution >= 0.6 is 23.8 Å². The van der Waals surface area contributed by atoms with Gasteiger partial charge < -0.3 is 39.0 Å². The Balaban J connectivity index is 0. The van der Waals surface area contributed by atoms with Crippen LogP contribution in [0.2, 0.25) is 0 Å². The van der Waals surface area contributed by atoms with Crippen molar-refractivity contribution >= 4 is 23.8 Å². The van der Waals surface area contributed by atoms with Crippen molar-refractivity contribution in [1.82, 2.24) is 0 Å². The molecule has 0 spiro atoms. The minimum absolute atomic E-state index is 0.177. The Kier molecular flexibility index (Phi) is 16.0. The summed E-state index contributed by atoms with van der Waals surface area (Å²) in [5, 5.41) is 7.38. The van der Waals surface area contributed by atoms with Gasteiger partial charge in [-0.05, 0) is 18.8 Å². The zero-order valence-electron chi connectivity index (χ0n) is 16.1. The molecule has 0 rings (SSSR count). The first-order chi connectivity index (χ1) is 12.2. The minimum atomic E-state index is -5.02. The van der Waals surface area contributed by atoms with E-state index >= 15 is 0 Å². The Morgan fingerprint density at radius 2 is 1.52 bits per heavy atom. The van der Waals surface area contributed by atoms with Crippen molar-refractivity contribution in [2.24, 2.45) is 5.92 Å². The van der Waals surface area contributed by atoms with E-state index in [9.17, 15) is 24.0 Å². The molecule has 0 radical (unpaired) electrons. The van der Waals surface area contributed by atoms with Gasteiger partial charge in [-0.1, -0.05) is 52.9 Å². The molecule has 0 aromatic carbocycles. The molecule has 27 heavy (non-hydrogen) atoms. The zero-order chi connectivity index (χ0) is 21.7. The summed E-state index contributed by atoms with van der Waals surface area (Å²) < 4.78 is 26.8. The molecule has 2 unspecified atom stereocenters. The largest absolute Gasteiger partial charge is 0.377 e. The summed E-state index contributed by atoms with van der Waals surface area (Å²) in [6.45, 7) is 6.25. The molecule has 0 saturated heterocycles. The Bertz CT molecular complexity index is 464. The highest BCUT2D eigenvalue weighted by Gasteiger charge is 2.50. The topological polar surface area (TPSA) is 185 Å². The lowest BCUT2D eigenvalue weighted by atomic mass is 9.93. The van der Waals surface area contributed by atoms with Crippen LogP contribution in [0.4, 0.5) is 0 Å². The number of aliphatic hydroxyl groups is 1. The fourth-order valence-electron chi connectivity index (χ4n) is 2.30. The van der Waals surface area contributed by atoms with Crippen molar-refractivity contribution in [3.8, 4) is 0 Å². The second kappa shape index (κ2) is 14.5. The van der Waals surface area contributed by atoms with Crippen molar-refractivity contribution in [2.45, 2.75) is 71.1 Å². The van der Waals surface area contributed by atoms with Crippen molar-refractivity contribution < 1.29 is 48.1 Å². The van der Waals surface area contributed by atoms with Crippen molar-refractivity contribution in [1.29, 1.82) is 0 Å². The molecule has 0 aliphatic heterocycles. The summed E-state index contributed by atoms with van der Waals surface area (Å²) in [5.41, 5.74) is 0. The van der Waals surface area contributed by atoms with E-state index in [1.165, 1.54) is 0 Å². The molecule has 166 valence electrons. The van der Waals surface area contributed by atoms with Gasteiger partial charge in [-0.25, -0.2) is 0 Å². The second-order valence-electron chi connectivity index (χ2n) is 6.41. The highest BCUT2D eigenvalue weighted by Crippen LogP contribution is 2.58. The van der Waals surface area contributed by atoms with Crippen LogP contribution in [-0.2, 0) is 13.7 Å². The van der Waals surface area contributed by atoms with E-state index in [-0.39, 0.29) is 12.3 Å². The summed E-state index contributed by atoms with van der Waals surface area (Å²) in [6.07, 6.45) is 3.38. The van der Waals surface area contributed by atoms with Crippen LogP contribution in [-0.4, -0.2) is 52.6 Å². The smallest absolute Gasteiger partial charge is 0.357 e. The number of rotatable bonds is 13. The first-order valence-corrected chi connectivity index (χ1v) is 13.4. The van der Waals surface area contributed by atoms with Gasteiger partial charge in [0.2, 0.25) is 0 Å². The molecule has 0 saturated carbocycles. The predicted molar refractivity (Wildman–Crippen MR) is 104 cm³/mol. The lowest BCUT2D eigenvalue weighted by Crippen LogP contribution is -2.35. The fraction of sp³-hybridized carbons (Fsp3) is 1.00. The Labute approximate surface area is 162 Å². The molecule has 0 aliphatic carbocycles. The normalized spacial score (nSPS) is 15.8. The van der Waals surface area contributed by atoms with Gasteiger partial charge in [0.1, 0.15) is 0 Å². The summed E-state index contributed by atoms with van der Waals surface area (Å²) in [4.78, 5) is 52.5. The van der Waals surface area contributed by atoms with Gasteiger partial charge in [0, 0.05) is 0 Å². The van der Waals surface area contributed by atoms with Crippen LogP contribution < -0.4 is 0 Å². The number of hydrogen-bond donors (Lipinski definition) is 7. The molecule has 13 heteroatoms. The van der Waals surface area contributed by atoms with Gasteiger partial charge in [-0.3, -0.25) is 9.13 Å². The quantitative estimate of drug-likeness (QED) is 0.160. The van der Waals surface area contributed by atoms with E-state index in [0.29, 0.717) is 19.4 Å². The monoisotopic (exact) mass is 456 g/mol. The van der Waals surface area contributed by atoms with Gasteiger partial charge in [-0.15, -0.1) is 0 Å². The average molecular weight is 456 g/mol. The lowest BCUT2D eigenvalue weighted by molar-refractivity contribution is 0.0776. The molecule has 7 N–H and O–H groups in total. The fourth-order valence-corrected chi connectivity index (χ4v) is 5.17. The van der Waals surface area contributed by atoms with E-state index in [2.05, 4.69) is 4.52 Å². The molecule has 0 heterocycles. The van der Waals surface area contributed by atoms with Crippen LogP contribution in [0.15, 0.2) is 0 Å². The van der Waals surface area contributed by atoms with E-state index in [1.54, 1.807) is 0 Å². The maximum absolute atomic E-state index is 11.4. The molecule has 2 atom stereocenters. The van der Waals surface area contributed by atoms with Crippen molar-refractivity contribution in [2.75, 3.05) is 12.8 Å². The van der Waals surface area contributed by atoms with Crippen LogP contribution in [0.1, 0.15) is 65.7 Å². The molecule has 0 aromatic heterocycles. The molecule has 0 bridgehead atoms. The van der Waals surface area contributed by atoms with Crippen LogP contribution in [0.5, 0.6) is 0 Å². The highest BCUT2D eigenvalue weighted by molar-refractivity contribution is 7.57. The van der Waals surface area contributed by atoms with Gasteiger partial charge in [0.25, 0.3) is 0 Å². The maximum atomic E-state index is 11.4. The Morgan fingerprint density at radius 1 is 1.00 bits per heavy atom. The molecular weight excluding hydrogens is 421 g/mol. The second-order valence-corrected chi connectivity index (χ2v) is 10.7. The van der Waals surface area contributed by atoms with Gasteiger partial charge in [0.05, 0.1) is 12.8 Å². The highest BCUT2D eigenvalue weighted by atomic mass is 31.2. The summed E-state index contributed by atoms with van der Waals surface area (Å²) in [5.74, 6) is -0.177. The van der Waals surface area contributed by atoms with E-state index < -0.39 is 35.3 Å². The summed E-state index contributed by atoms with van der Waals surface area (Å²) in [6, 6.07) is 0. The van der Waals surface area contributed by atoms with E-state index in [4.69, 9.17) is 19.6 Å². The third-order valence-electron chi connectivity index (χ3n) is 3.86. The van der Waals surface area contributed by atoms with Crippen molar-refractivity contribution in [3.05, 3.63) is 0 Å². The lowest BCUT2D eigenvalue weighted by Gasteiger charge is -2.32. The average Bonchev–Trinajstić information content (AvgIpc) is 2.49. The first-order valence-electron chi connectivity index (χ1n) is 8.85. The van der Waals surface area contributed by atoms with Gasteiger partial charge in [-0.2, -0.15) is 0 Å². The summed E-state index contributed by atoms with van der Waals surface area (Å²) in [7, 11) is -11.9. The van der Waals surface area contributed by atoms with Crippen molar-refractivity contribution in [3.63, 3.8) is 0 Å². The Hall–Kier alpha value is 0.570. The van der Waals surface area contributed by atoms with Crippen LogP contribution in [0.3, 0.4) is 0 Å². The third kappa shape index (κ3) is 16.1. The van der Waals surface area contributed by atoms with Gasteiger partial charge >= 0.3 is 23.8 Å². The maximum Gasteiger partial charge on any atom is 0.357 e. The molecule has 10 nitrogen and oxygen atoms in total. The molecule has 0 aromatic rings. The number of unbranched alkanes of at least 4 members (excludes halogenated alkanes) is 2. The van der Waals surface area contributed by atoms with E-state index in [0.717, 1.165) is 25.7 Å². The molecule has 0 amide bonds. The summed E-state index contributed by atoms with van der Waals surface area (Å²) >= 11 is 0. The third-order valence-corrected chi connectivity index (χ3v) is 6.89.